The second kappa shape index (κ2) is 5.63. The number of halogens is 2. The first-order chi connectivity index (χ1) is 9.19. The quantitative estimate of drug-likeness (QED) is 0.752. The van der Waals surface area contributed by atoms with Gasteiger partial charge in [-0.25, -0.2) is 0 Å². The number of hydrogen-bond acceptors (Lipinski definition) is 2. The maximum atomic E-state index is 6.11. The summed E-state index contributed by atoms with van der Waals surface area (Å²) in [5, 5.41) is 0. The molecule has 0 radical (unpaired) electrons. The van der Waals surface area contributed by atoms with Crippen molar-refractivity contribution in [2.75, 3.05) is 25.0 Å². The highest BCUT2D eigenvalue weighted by Gasteiger charge is 2.34. The number of benzene rings is 1. The minimum atomic E-state index is 0.579. The van der Waals surface area contributed by atoms with Crippen molar-refractivity contribution in [1.29, 1.82) is 0 Å². The smallest absolute Gasteiger partial charge is 0.0494 e. The molecule has 3 rings (SSSR count). The van der Waals surface area contributed by atoms with Crippen molar-refractivity contribution >= 4 is 33.2 Å². The van der Waals surface area contributed by atoms with Gasteiger partial charge in [0, 0.05) is 41.2 Å². The highest BCUT2D eigenvalue weighted by atomic mass is 79.9. The number of fused-ring (bicyclic) bond motifs is 2. The first kappa shape index (κ1) is 13.7. The summed E-state index contributed by atoms with van der Waals surface area (Å²) in [6.07, 6.45) is 3.98. The van der Waals surface area contributed by atoms with Gasteiger partial charge in [0.2, 0.25) is 0 Å². The fourth-order valence-electron chi connectivity index (χ4n) is 3.50. The summed E-state index contributed by atoms with van der Waals surface area (Å²) >= 11 is 9.65. The lowest BCUT2D eigenvalue weighted by atomic mass is 10.1. The molecule has 2 nitrogen and oxygen atoms in total. The van der Waals surface area contributed by atoms with E-state index in [9.17, 15) is 0 Å². The standard InChI is InChI=1S/C15H20BrClN2/c1-18-13-3-4-14(18)10-19(7-6-13)15-5-2-12(16)8-11(15)9-17/h2,5,8,13-14H,3-4,6-7,9-10H2,1H3. The Hall–Kier alpha value is -0.250. The lowest BCUT2D eigenvalue weighted by Crippen LogP contribution is -2.36. The van der Waals surface area contributed by atoms with E-state index in [1.807, 2.05) is 0 Å². The molecule has 0 saturated carbocycles. The first-order valence-electron chi connectivity index (χ1n) is 7.00. The molecule has 2 heterocycles. The van der Waals surface area contributed by atoms with E-state index in [0.29, 0.717) is 11.9 Å². The third-order valence-electron chi connectivity index (χ3n) is 4.67. The van der Waals surface area contributed by atoms with Crippen LogP contribution < -0.4 is 4.90 Å². The topological polar surface area (TPSA) is 6.48 Å². The van der Waals surface area contributed by atoms with Gasteiger partial charge in [-0.05, 0) is 50.1 Å². The van der Waals surface area contributed by atoms with Gasteiger partial charge in [0.25, 0.3) is 0 Å². The summed E-state index contributed by atoms with van der Waals surface area (Å²) < 4.78 is 1.11. The second-order valence-electron chi connectivity index (χ2n) is 5.69. The average molecular weight is 344 g/mol. The molecule has 0 aromatic heterocycles. The average Bonchev–Trinajstić information content (AvgIpc) is 2.64. The fourth-order valence-corrected chi connectivity index (χ4v) is 4.12. The molecule has 2 saturated heterocycles. The molecular formula is C15H20BrClN2. The summed E-state index contributed by atoms with van der Waals surface area (Å²) in [5.41, 5.74) is 2.55. The van der Waals surface area contributed by atoms with Crippen LogP contribution in [0, 0.1) is 0 Å². The van der Waals surface area contributed by atoms with Crippen LogP contribution in [-0.4, -0.2) is 37.1 Å². The van der Waals surface area contributed by atoms with Crippen molar-refractivity contribution in [3.63, 3.8) is 0 Å². The van der Waals surface area contributed by atoms with Crippen LogP contribution in [0.15, 0.2) is 22.7 Å². The van der Waals surface area contributed by atoms with Crippen LogP contribution in [0.1, 0.15) is 24.8 Å². The minimum absolute atomic E-state index is 0.579. The predicted molar refractivity (Wildman–Crippen MR) is 85.1 cm³/mol. The van der Waals surface area contributed by atoms with Crippen molar-refractivity contribution in [3.8, 4) is 0 Å². The summed E-state index contributed by atoms with van der Waals surface area (Å²) in [7, 11) is 2.29. The van der Waals surface area contributed by atoms with E-state index < -0.39 is 0 Å². The number of anilines is 1. The molecule has 19 heavy (non-hydrogen) atoms. The zero-order valence-corrected chi connectivity index (χ0v) is 13.6. The zero-order valence-electron chi connectivity index (χ0n) is 11.3. The van der Waals surface area contributed by atoms with Crippen LogP contribution in [0.3, 0.4) is 0 Å². The van der Waals surface area contributed by atoms with Crippen molar-refractivity contribution in [2.45, 2.75) is 37.2 Å². The Morgan fingerprint density at radius 2 is 2.05 bits per heavy atom. The number of likely N-dealkylation sites (N-methyl/N-ethyl adjacent to an activating group) is 1. The van der Waals surface area contributed by atoms with E-state index in [-0.39, 0.29) is 0 Å². The van der Waals surface area contributed by atoms with Gasteiger partial charge in [-0.2, -0.15) is 0 Å². The lowest BCUT2D eigenvalue weighted by molar-refractivity contribution is 0.254. The summed E-state index contributed by atoms with van der Waals surface area (Å²) in [6.45, 7) is 2.29. The zero-order chi connectivity index (χ0) is 13.4. The normalized spacial score (nSPS) is 27.6. The van der Waals surface area contributed by atoms with Gasteiger partial charge < -0.3 is 4.90 Å². The summed E-state index contributed by atoms with van der Waals surface area (Å²) in [6, 6.07) is 7.97. The van der Waals surface area contributed by atoms with E-state index in [4.69, 9.17) is 11.6 Å². The fraction of sp³-hybridized carbons (Fsp3) is 0.600. The number of rotatable bonds is 2. The van der Waals surface area contributed by atoms with E-state index in [0.717, 1.165) is 23.6 Å². The van der Waals surface area contributed by atoms with Gasteiger partial charge in [-0.15, -0.1) is 11.6 Å². The Morgan fingerprint density at radius 1 is 1.26 bits per heavy atom. The Morgan fingerprint density at radius 3 is 2.84 bits per heavy atom. The minimum Gasteiger partial charge on any atom is -0.370 e. The molecule has 0 N–H and O–H groups in total. The molecule has 2 atom stereocenters. The van der Waals surface area contributed by atoms with Crippen LogP contribution in [0.25, 0.3) is 0 Å². The molecule has 0 amide bonds. The van der Waals surface area contributed by atoms with Crippen molar-refractivity contribution in [2.24, 2.45) is 0 Å². The molecule has 2 unspecified atom stereocenters. The van der Waals surface area contributed by atoms with Crippen molar-refractivity contribution in [3.05, 3.63) is 28.2 Å². The summed E-state index contributed by atoms with van der Waals surface area (Å²) in [5.74, 6) is 0.579. The molecule has 1 aromatic rings. The molecule has 2 bridgehead atoms. The second-order valence-corrected chi connectivity index (χ2v) is 6.87. The summed E-state index contributed by atoms with van der Waals surface area (Å²) in [4.78, 5) is 5.11. The molecule has 2 fully saturated rings. The molecule has 104 valence electrons. The molecular weight excluding hydrogens is 324 g/mol. The Labute approximate surface area is 128 Å². The van der Waals surface area contributed by atoms with Crippen LogP contribution >= 0.6 is 27.5 Å². The van der Waals surface area contributed by atoms with Gasteiger partial charge in [0.1, 0.15) is 0 Å². The third kappa shape index (κ3) is 2.65. The molecule has 4 heteroatoms. The third-order valence-corrected chi connectivity index (χ3v) is 5.46. The molecule has 2 aliphatic heterocycles. The highest BCUT2D eigenvalue weighted by molar-refractivity contribution is 9.10. The maximum absolute atomic E-state index is 6.11. The van der Waals surface area contributed by atoms with E-state index in [2.05, 4.69) is 51.0 Å². The molecule has 0 spiro atoms. The molecule has 1 aromatic carbocycles. The predicted octanol–water partition coefficient (Wildman–Crippen LogP) is 3.86. The number of alkyl halides is 1. The van der Waals surface area contributed by atoms with Gasteiger partial charge >= 0.3 is 0 Å². The van der Waals surface area contributed by atoms with Crippen molar-refractivity contribution in [1.82, 2.24) is 4.90 Å². The SMILES string of the molecule is CN1C2CCC1CN(c1ccc(Br)cc1CCl)CC2. The van der Waals surface area contributed by atoms with Crippen molar-refractivity contribution < 1.29 is 0 Å². The highest BCUT2D eigenvalue weighted by Crippen LogP contribution is 2.33. The van der Waals surface area contributed by atoms with Crippen LogP contribution in [0.4, 0.5) is 5.69 Å². The number of nitrogens with zero attached hydrogens (tertiary/aromatic N) is 2. The molecule has 2 aliphatic rings. The van der Waals surface area contributed by atoms with E-state index in [1.54, 1.807) is 0 Å². The Bertz CT molecular complexity index is 465. The largest absolute Gasteiger partial charge is 0.370 e. The lowest BCUT2D eigenvalue weighted by Gasteiger charge is -2.29. The van der Waals surface area contributed by atoms with Gasteiger partial charge in [0.15, 0.2) is 0 Å². The van der Waals surface area contributed by atoms with Crippen LogP contribution in [0.5, 0.6) is 0 Å². The Balaban J connectivity index is 1.86. The van der Waals surface area contributed by atoms with E-state index >= 15 is 0 Å². The van der Waals surface area contributed by atoms with Crippen LogP contribution in [-0.2, 0) is 5.88 Å². The number of hydrogen-bond donors (Lipinski definition) is 0. The van der Waals surface area contributed by atoms with E-state index in [1.165, 1.54) is 30.5 Å². The Kier molecular flexibility index (Phi) is 4.06. The molecule has 0 aliphatic carbocycles. The van der Waals surface area contributed by atoms with Gasteiger partial charge in [-0.3, -0.25) is 4.90 Å². The van der Waals surface area contributed by atoms with Crippen LogP contribution in [0.2, 0.25) is 0 Å². The first-order valence-corrected chi connectivity index (χ1v) is 8.33. The van der Waals surface area contributed by atoms with Gasteiger partial charge in [0.05, 0.1) is 0 Å². The monoisotopic (exact) mass is 342 g/mol. The van der Waals surface area contributed by atoms with Gasteiger partial charge in [-0.1, -0.05) is 15.9 Å². The maximum Gasteiger partial charge on any atom is 0.0494 e.